The fraction of sp³-hybridized carbons (Fsp3) is 0.273. The van der Waals surface area contributed by atoms with Gasteiger partial charge in [-0.25, -0.2) is 9.59 Å². The van der Waals surface area contributed by atoms with Gasteiger partial charge in [0.2, 0.25) is 6.79 Å². The topological polar surface area (TPSA) is 104 Å². The van der Waals surface area contributed by atoms with E-state index in [9.17, 15) is 9.59 Å². The summed E-state index contributed by atoms with van der Waals surface area (Å²) in [5.74, 6) is 1.74. The number of rotatable bonds is 6. The first kappa shape index (κ1) is 20.4. The third-order valence-electron chi connectivity index (χ3n) is 5.04. The average molecular weight is 426 g/mol. The molecule has 0 aliphatic carbocycles. The lowest BCUT2D eigenvalue weighted by Gasteiger charge is -2.28. The molecular formula is C22H22N2O7. The first-order chi connectivity index (χ1) is 15.0. The van der Waals surface area contributed by atoms with E-state index in [0.29, 0.717) is 39.8 Å². The number of hydrogen-bond acceptors (Lipinski definition) is 7. The zero-order valence-electron chi connectivity index (χ0n) is 17.3. The molecule has 0 unspecified atom stereocenters. The highest BCUT2D eigenvalue weighted by molar-refractivity contribution is 5.95. The van der Waals surface area contributed by atoms with Crippen LogP contribution in [0.1, 0.15) is 24.1 Å². The SMILES string of the molecule is COc1ccc([C@@H]2NC(=O)NC(C)=C2C(=O)OCc2ccc3c(c2)OCO3)cc1OC. The quantitative estimate of drug-likeness (QED) is 0.685. The summed E-state index contributed by atoms with van der Waals surface area (Å²) in [5.41, 5.74) is 2.12. The Kier molecular flexibility index (Phi) is 5.57. The normalized spacial score (nSPS) is 17.0. The molecule has 0 spiro atoms. The van der Waals surface area contributed by atoms with Gasteiger partial charge in [-0.05, 0) is 42.3 Å². The molecule has 2 heterocycles. The Morgan fingerprint density at radius 3 is 2.61 bits per heavy atom. The number of ether oxygens (including phenoxy) is 5. The first-order valence-corrected chi connectivity index (χ1v) is 9.56. The molecule has 0 radical (unpaired) electrons. The second-order valence-corrected chi connectivity index (χ2v) is 6.95. The lowest BCUT2D eigenvalue weighted by molar-refractivity contribution is -0.140. The molecular weight excluding hydrogens is 404 g/mol. The molecule has 0 aromatic heterocycles. The van der Waals surface area contributed by atoms with Gasteiger partial charge in [0.05, 0.1) is 25.8 Å². The monoisotopic (exact) mass is 426 g/mol. The molecule has 2 N–H and O–H groups in total. The van der Waals surface area contributed by atoms with Gasteiger partial charge < -0.3 is 34.3 Å². The van der Waals surface area contributed by atoms with Crippen LogP contribution in [0.5, 0.6) is 23.0 Å². The third-order valence-corrected chi connectivity index (χ3v) is 5.04. The van der Waals surface area contributed by atoms with Crippen LogP contribution < -0.4 is 29.6 Å². The Labute approximate surface area is 178 Å². The molecule has 4 rings (SSSR count). The summed E-state index contributed by atoms with van der Waals surface area (Å²) in [6.45, 7) is 1.87. The summed E-state index contributed by atoms with van der Waals surface area (Å²) in [4.78, 5) is 25.1. The van der Waals surface area contributed by atoms with Crippen molar-refractivity contribution >= 4 is 12.0 Å². The molecule has 162 valence electrons. The van der Waals surface area contributed by atoms with Gasteiger partial charge >= 0.3 is 12.0 Å². The molecule has 9 heteroatoms. The molecule has 2 amide bonds. The number of nitrogens with one attached hydrogen (secondary N) is 2. The van der Waals surface area contributed by atoms with Crippen molar-refractivity contribution in [3.05, 3.63) is 58.8 Å². The van der Waals surface area contributed by atoms with Crippen molar-refractivity contribution in [3.8, 4) is 23.0 Å². The highest BCUT2D eigenvalue weighted by Crippen LogP contribution is 2.35. The van der Waals surface area contributed by atoms with Crippen LogP contribution in [0.4, 0.5) is 4.79 Å². The largest absolute Gasteiger partial charge is 0.493 e. The van der Waals surface area contributed by atoms with Gasteiger partial charge in [-0.15, -0.1) is 0 Å². The van der Waals surface area contributed by atoms with E-state index in [2.05, 4.69) is 10.6 Å². The van der Waals surface area contributed by atoms with Gasteiger partial charge in [-0.2, -0.15) is 0 Å². The maximum atomic E-state index is 13.0. The zero-order valence-corrected chi connectivity index (χ0v) is 17.3. The highest BCUT2D eigenvalue weighted by atomic mass is 16.7. The number of urea groups is 1. The molecule has 2 aromatic carbocycles. The molecule has 2 aromatic rings. The van der Waals surface area contributed by atoms with Crippen LogP contribution in [-0.2, 0) is 16.1 Å². The van der Waals surface area contributed by atoms with Crippen LogP contribution in [0.15, 0.2) is 47.7 Å². The lowest BCUT2D eigenvalue weighted by atomic mass is 9.95. The van der Waals surface area contributed by atoms with Crippen molar-refractivity contribution in [1.29, 1.82) is 0 Å². The van der Waals surface area contributed by atoms with Crippen LogP contribution >= 0.6 is 0 Å². The van der Waals surface area contributed by atoms with E-state index < -0.39 is 18.0 Å². The Morgan fingerprint density at radius 1 is 1.06 bits per heavy atom. The molecule has 2 aliphatic rings. The van der Waals surface area contributed by atoms with E-state index in [1.807, 2.05) is 0 Å². The molecule has 31 heavy (non-hydrogen) atoms. The molecule has 9 nitrogen and oxygen atoms in total. The number of carbonyl (C=O) groups is 2. The van der Waals surface area contributed by atoms with Gasteiger partial charge in [-0.3, -0.25) is 0 Å². The summed E-state index contributed by atoms with van der Waals surface area (Å²) >= 11 is 0. The van der Waals surface area contributed by atoms with Crippen molar-refractivity contribution in [2.75, 3.05) is 21.0 Å². The van der Waals surface area contributed by atoms with E-state index in [0.717, 1.165) is 5.56 Å². The summed E-state index contributed by atoms with van der Waals surface area (Å²) in [6.07, 6.45) is 0. The summed E-state index contributed by atoms with van der Waals surface area (Å²) < 4.78 is 26.8. The molecule has 0 fully saturated rings. The molecule has 0 saturated heterocycles. The smallest absolute Gasteiger partial charge is 0.338 e. The van der Waals surface area contributed by atoms with Gasteiger partial charge in [0.1, 0.15) is 6.61 Å². The molecule has 0 bridgehead atoms. The lowest BCUT2D eigenvalue weighted by Crippen LogP contribution is -2.45. The minimum atomic E-state index is -0.710. The van der Waals surface area contributed by atoms with Crippen LogP contribution in [0.25, 0.3) is 0 Å². The third kappa shape index (κ3) is 4.07. The van der Waals surface area contributed by atoms with Crippen LogP contribution in [0.3, 0.4) is 0 Å². The Morgan fingerprint density at radius 2 is 1.84 bits per heavy atom. The standard InChI is InChI=1S/C22H22N2O7/c1-12-19(21(25)29-10-13-4-6-16-18(8-13)31-11-30-16)20(24-22(26)23-12)14-5-7-15(27-2)17(9-14)28-3/h4-9,20H,10-11H2,1-3H3,(H2,23,24,26)/t20-/m0/s1. The van der Waals surface area contributed by atoms with E-state index in [1.165, 1.54) is 14.2 Å². The van der Waals surface area contributed by atoms with Gasteiger partial charge in [0, 0.05) is 5.70 Å². The van der Waals surface area contributed by atoms with Crippen molar-refractivity contribution in [2.24, 2.45) is 0 Å². The number of benzene rings is 2. The highest BCUT2D eigenvalue weighted by Gasteiger charge is 2.33. The Hall–Kier alpha value is -3.88. The average Bonchev–Trinajstić information content (AvgIpc) is 3.24. The van der Waals surface area contributed by atoms with Crippen LogP contribution in [-0.4, -0.2) is 33.0 Å². The second-order valence-electron chi connectivity index (χ2n) is 6.95. The van der Waals surface area contributed by atoms with Crippen molar-refractivity contribution in [3.63, 3.8) is 0 Å². The number of fused-ring (bicyclic) bond motifs is 1. The van der Waals surface area contributed by atoms with Gasteiger partial charge in [0.15, 0.2) is 23.0 Å². The van der Waals surface area contributed by atoms with Crippen LogP contribution in [0, 0.1) is 0 Å². The zero-order chi connectivity index (χ0) is 22.0. The number of methoxy groups -OCH3 is 2. The number of carbonyl (C=O) groups excluding carboxylic acids is 2. The van der Waals surface area contributed by atoms with Crippen molar-refractivity contribution < 1.29 is 33.3 Å². The van der Waals surface area contributed by atoms with Gasteiger partial charge in [0.25, 0.3) is 0 Å². The summed E-state index contributed by atoms with van der Waals surface area (Å²) in [7, 11) is 3.05. The van der Waals surface area contributed by atoms with Crippen LogP contribution in [0.2, 0.25) is 0 Å². The predicted octanol–water partition coefficient (Wildman–Crippen LogP) is 2.80. The Balaban J connectivity index is 1.57. The minimum absolute atomic E-state index is 0.0405. The first-order valence-electron chi connectivity index (χ1n) is 9.56. The van der Waals surface area contributed by atoms with E-state index in [4.69, 9.17) is 23.7 Å². The maximum absolute atomic E-state index is 13.0. The summed E-state index contributed by atoms with van der Waals surface area (Å²) in [5, 5.41) is 5.40. The number of amides is 2. The van der Waals surface area contributed by atoms with E-state index in [-0.39, 0.29) is 13.4 Å². The van der Waals surface area contributed by atoms with Crippen molar-refractivity contribution in [2.45, 2.75) is 19.6 Å². The molecule has 2 aliphatic heterocycles. The minimum Gasteiger partial charge on any atom is -0.493 e. The predicted molar refractivity (Wildman–Crippen MR) is 109 cm³/mol. The number of esters is 1. The number of allylic oxidation sites excluding steroid dienone is 1. The Bertz CT molecular complexity index is 1060. The van der Waals surface area contributed by atoms with Gasteiger partial charge in [-0.1, -0.05) is 12.1 Å². The maximum Gasteiger partial charge on any atom is 0.338 e. The van der Waals surface area contributed by atoms with E-state index >= 15 is 0 Å². The second kappa shape index (κ2) is 8.47. The van der Waals surface area contributed by atoms with Crippen molar-refractivity contribution in [1.82, 2.24) is 10.6 Å². The fourth-order valence-electron chi connectivity index (χ4n) is 3.50. The fourth-order valence-corrected chi connectivity index (χ4v) is 3.50. The summed E-state index contributed by atoms with van der Waals surface area (Å²) in [6, 6.07) is 9.40. The number of hydrogen-bond donors (Lipinski definition) is 2. The van der Waals surface area contributed by atoms with E-state index in [1.54, 1.807) is 43.3 Å². The molecule has 0 saturated carbocycles. The molecule has 1 atom stereocenters.